The minimum Gasteiger partial charge on any atom is -0.478 e. The van der Waals surface area contributed by atoms with E-state index in [4.69, 9.17) is 37.8 Å². The van der Waals surface area contributed by atoms with Crippen LogP contribution in [-0.4, -0.2) is 28.5 Å². The molecule has 0 aromatic heterocycles. The van der Waals surface area contributed by atoms with Crippen LogP contribution in [0.2, 0.25) is 10.0 Å². The highest BCUT2D eigenvalue weighted by atomic mass is 35.5. The summed E-state index contributed by atoms with van der Waals surface area (Å²) in [5.41, 5.74) is -0.540. The lowest BCUT2D eigenvalue weighted by Crippen LogP contribution is -2.40. The molecule has 2 aromatic carbocycles. The number of carbonyl (C=O) groups is 1. The number of alkyl halides is 3. The second kappa shape index (κ2) is 7.54. The van der Waals surface area contributed by atoms with Crippen molar-refractivity contribution >= 4 is 35.2 Å². The molecule has 1 aliphatic heterocycles. The van der Waals surface area contributed by atoms with Crippen LogP contribution < -0.4 is 9.47 Å². The minimum absolute atomic E-state index is 0.0509. The number of aliphatic hydroxyl groups excluding tert-OH is 1. The topological polar surface area (TPSA) is 76.0 Å². The Morgan fingerprint density at radius 3 is 2.36 bits per heavy atom. The molecule has 0 spiro atoms. The van der Waals surface area contributed by atoms with Gasteiger partial charge in [-0.15, -0.1) is 0 Å². The van der Waals surface area contributed by atoms with Gasteiger partial charge in [0.25, 0.3) is 0 Å². The Hall–Kier alpha value is -2.42. The maximum absolute atomic E-state index is 13.2. The van der Waals surface area contributed by atoms with Gasteiger partial charge in [0.1, 0.15) is 11.5 Å². The van der Waals surface area contributed by atoms with Gasteiger partial charge in [-0.05, 0) is 29.8 Å². The largest absolute Gasteiger partial charge is 0.478 e. The molecule has 0 fully saturated rings. The van der Waals surface area contributed by atoms with E-state index in [1.165, 1.54) is 12.1 Å². The lowest BCUT2D eigenvalue weighted by atomic mass is 10.0. The molecule has 1 heterocycles. The molecule has 1 atom stereocenters. The molecule has 0 aliphatic carbocycles. The summed E-state index contributed by atoms with van der Waals surface area (Å²) in [6.07, 6.45) is -6.87. The van der Waals surface area contributed by atoms with Crippen molar-refractivity contribution < 1.29 is 37.7 Å². The van der Waals surface area contributed by atoms with E-state index in [1.807, 2.05) is 0 Å². The molecule has 0 radical (unpaired) electrons. The average molecular weight is 435 g/mol. The van der Waals surface area contributed by atoms with Crippen LogP contribution >= 0.6 is 23.2 Å². The van der Waals surface area contributed by atoms with E-state index >= 15 is 0 Å². The van der Waals surface area contributed by atoms with Crippen LogP contribution in [0.15, 0.2) is 35.9 Å². The molecule has 0 amide bonds. The Balaban J connectivity index is 2.12. The van der Waals surface area contributed by atoms with Gasteiger partial charge in [0.05, 0.1) is 27.8 Å². The first-order valence-corrected chi connectivity index (χ1v) is 8.45. The summed E-state index contributed by atoms with van der Waals surface area (Å²) in [5, 5.41) is 18.0. The Morgan fingerprint density at radius 2 is 1.82 bits per heavy atom. The van der Waals surface area contributed by atoms with Crippen molar-refractivity contribution in [3.8, 4) is 17.2 Å². The highest BCUT2D eigenvalue weighted by molar-refractivity contribution is 6.37. The molecular formula is C18H11Cl2F3O5. The summed E-state index contributed by atoms with van der Waals surface area (Å²) in [4.78, 5) is 11.4. The standard InChI is InChI=1S/C18H11Cl2F3O5/c19-12-6-13(20)15-10(5-11(17(25)26)16(28-15)18(21,22)23)14(12)27-9-3-1-8(7-24)2-4-9/h1-6,16,24H,7H2,(H,25,26). The minimum atomic E-state index is -4.97. The Morgan fingerprint density at radius 1 is 1.18 bits per heavy atom. The number of hydrogen-bond acceptors (Lipinski definition) is 4. The van der Waals surface area contributed by atoms with Crippen LogP contribution in [0.4, 0.5) is 13.2 Å². The Labute approximate surface area is 166 Å². The van der Waals surface area contributed by atoms with Gasteiger partial charge in [-0.3, -0.25) is 0 Å². The van der Waals surface area contributed by atoms with Crippen molar-refractivity contribution in [3.05, 3.63) is 57.1 Å². The number of aliphatic carboxylic acids is 1. The molecule has 5 nitrogen and oxygen atoms in total. The van der Waals surface area contributed by atoms with Crippen molar-refractivity contribution in [2.75, 3.05) is 0 Å². The van der Waals surface area contributed by atoms with Gasteiger partial charge in [-0.2, -0.15) is 13.2 Å². The first-order valence-electron chi connectivity index (χ1n) is 7.69. The summed E-state index contributed by atoms with van der Waals surface area (Å²) in [5.74, 6) is -2.05. The normalized spacial score (nSPS) is 16.1. The summed E-state index contributed by atoms with van der Waals surface area (Å²) in [6, 6.07) is 7.30. The molecule has 1 aliphatic rings. The number of ether oxygens (including phenoxy) is 2. The molecule has 0 saturated heterocycles. The fraction of sp³-hybridized carbons (Fsp3) is 0.167. The van der Waals surface area contributed by atoms with Crippen LogP contribution in [0.1, 0.15) is 11.1 Å². The van der Waals surface area contributed by atoms with E-state index in [-0.39, 0.29) is 39.5 Å². The van der Waals surface area contributed by atoms with Crippen LogP contribution in [0.3, 0.4) is 0 Å². The molecule has 2 N–H and O–H groups in total. The smallest absolute Gasteiger partial charge is 0.430 e. The number of benzene rings is 2. The number of fused-ring (bicyclic) bond motifs is 1. The number of rotatable bonds is 4. The molecule has 28 heavy (non-hydrogen) atoms. The first kappa shape index (κ1) is 20.3. The van der Waals surface area contributed by atoms with Gasteiger partial charge < -0.3 is 19.7 Å². The van der Waals surface area contributed by atoms with Crippen molar-refractivity contribution in [2.24, 2.45) is 0 Å². The fourth-order valence-corrected chi connectivity index (χ4v) is 3.13. The Bertz CT molecular complexity index is 955. The van der Waals surface area contributed by atoms with Gasteiger partial charge in [0.2, 0.25) is 6.10 Å². The summed E-state index contributed by atoms with van der Waals surface area (Å²) >= 11 is 12.1. The predicted octanol–water partition coefficient (Wildman–Crippen LogP) is 5.07. The highest BCUT2D eigenvalue weighted by Gasteiger charge is 2.49. The molecule has 0 bridgehead atoms. The molecule has 0 saturated carbocycles. The third-order valence-electron chi connectivity index (χ3n) is 3.86. The third-order valence-corrected chi connectivity index (χ3v) is 4.43. The molecule has 3 rings (SSSR count). The van der Waals surface area contributed by atoms with Crippen molar-refractivity contribution in [1.29, 1.82) is 0 Å². The lowest BCUT2D eigenvalue weighted by Gasteiger charge is -2.28. The van der Waals surface area contributed by atoms with E-state index in [0.717, 1.165) is 12.1 Å². The number of carboxylic acid groups (broad SMARTS) is 1. The van der Waals surface area contributed by atoms with Crippen LogP contribution in [0, 0.1) is 0 Å². The second-order valence-electron chi connectivity index (χ2n) is 5.76. The van der Waals surface area contributed by atoms with Gasteiger partial charge in [0, 0.05) is 0 Å². The van der Waals surface area contributed by atoms with E-state index in [0.29, 0.717) is 5.56 Å². The summed E-state index contributed by atoms with van der Waals surface area (Å²) in [6.45, 7) is -0.186. The highest BCUT2D eigenvalue weighted by Crippen LogP contribution is 2.48. The van der Waals surface area contributed by atoms with Crippen molar-refractivity contribution in [2.45, 2.75) is 18.9 Å². The maximum Gasteiger partial charge on any atom is 0.430 e. The van der Waals surface area contributed by atoms with Crippen LogP contribution in [-0.2, 0) is 11.4 Å². The number of hydrogen-bond donors (Lipinski definition) is 2. The summed E-state index contributed by atoms with van der Waals surface area (Å²) < 4.78 is 50.2. The van der Waals surface area contributed by atoms with Gasteiger partial charge in [-0.1, -0.05) is 35.3 Å². The molecule has 1 unspecified atom stereocenters. The van der Waals surface area contributed by atoms with Crippen LogP contribution in [0.5, 0.6) is 17.2 Å². The van der Waals surface area contributed by atoms with Crippen LogP contribution in [0.25, 0.3) is 6.08 Å². The van der Waals surface area contributed by atoms with Gasteiger partial charge >= 0.3 is 12.1 Å². The molecular weight excluding hydrogens is 424 g/mol. The lowest BCUT2D eigenvalue weighted by molar-refractivity contribution is -0.187. The molecule has 148 valence electrons. The van der Waals surface area contributed by atoms with Gasteiger partial charge in [0.15, 0.2) is 5.75 Å². The second-order valence-corrected chi connectivity index (χ2v) is 6.57. The third kappa shape index (κ3) is 3.89. The molecule has 2 aromatic rings. The first-order chi connectivity index (χ1) is 13.1. The number of halogens is 5. The maximum atomic E-state index is 13.2. The number of carboxylic acids is 1. The van der Waals surface area contributed by atoms with Gasteiger partial charge in [-0.25, -0.2) is 4.79 Å². The zero-order chi connectivity index (χ0) is 20.6. The molecule has 10 heteroatoms. The Kier molecular flexibility index (Phi) is 5.47. The fourth-order valence-electron chi connectivity index (χ4n) is 2.57. The predicted molar refractivity (Wildman–Crippen MR) is 95.0 cm³/mol. The monoisotopic (exact) mass is 434 g/mol. The summed E-state index contributed by atoms with van der Waals surface area (Å²) in [7, 11) is 0. The SMILES string of the molecule is O=C(O)C1=Cc2c(Oc3ccc(CO)cc3)c(Cl)cc(Cl)c2OC1C(F)(F)F. The van der Waals surface area contributed by atoms with E-state index in [1.54, 1.807) is 12.1 Å². The van der Waals surface area contributed by atoms with E-state index in [2.05, 4.69) is 0 Å². The average Bonchev–Trinajstić information content (AvgIpc) is 2.63. The van der Waals surface area contributed by atoms with E-state index < -0.39 is 23.8 Å². The number of aliphatic hydroxyl groups is 1. The quantitative estimate of drug-likeness (QED) is 0.702. The van der Waals surface area contributed by atoms with E-state index in [9.17, 15) is 23.1 Å². The van der Waals surface area contributed by atoms with Crippen molar-refractivity contribution in [3.63, 3.8) is 0 Å². The zero-order valence-electron chi connectivity index (χ0n) is 13.8. The van der Waals surface area contributed by atoms with Crippen molar-refractivity contribution in [1.82, 2.24) is 0 Å². The zero-order valence-corrected chi connectivity index (χ0v) is 15.3.